The lowest BCUT2D eigenvalue weighted by Crippen LogP contribution is -2.24. The largest absolute Gasteiger partial charge is 0.392 e. The molecule has 0 saturated heterocycles. The molecule has 0 amide bonds. The molecular weight excluding hydrogens is 141 g/mol. The number of hydrogen-bond acceptors (Lipinski definition) is 0. The molecule has 0 aliphatic rings. The molecular formula is C7H11F3. The van der Waals surface area contributed by atoms with Crippen LogP contribution in [0.3, 0.4) is 0 Å². The number of allylic oxidation sites excluding steroid dienone is 1. The van der Waals surface area contributed by atoms with Crippen LogP contribution < -0.4 is 0 Å². The molecule has 0 aromatic rings. The van der Waals surface area contributed by atoms with E-state index >= 15 is 0 Å². The molecule has 0 aliphatic heterocycles. The number of alkyl halides is 3. The Labute approximate surface area is 58.7 Å². The highest BCUT2D eigenvalue weighted by Crippen LogP contribution is 2.31. The summed E-state index contributed by atoms with van der Waals surface area (Å²) in [5.74, 6) is -1.79. The number of hydrogen-bond donors (Lipinski definition) is 0. The molecule has 0 bridgehead atoms. The molecule has 0 N–H and O–H groups in total. The van der Waals surface area contributed by atoms with Crippen molar-refractivity contribution in [3.05, 3.63) is 12.7 Å². The molecule has 0 radical (unpaired) electrons. The third-order valence-corrected chi connectivity index (χ3v) is 1.68. The van der Waals surface area contributed by atoms with E-state index in [2.05, 4.69) is 6.58 Å². The van der Waals surface area contributed by atoms with Gasteiger partial charge in [0, 0.05) is 0 Å². The third-order valence-electron chi connectivity index (χ3n) is 1.68. The minimum Gasteiger partial charge on any atom is -0.171 e. The Bertz CT molecular complexity index is 115. The first-order valence-electron chi connectivity index (χ1n) is 3.09. The van der Waals surface area contributed by atoms with Crippen molar-refractivity contribution in [2.75, 3.05) is 0 Å². The fourth-order valence-corrected chi connectivity index (χ4v) is 0.502. The zero-order valence-electron chi connectivity index (χ0n) is 6.07. The van der Waals surface area contributed by atoms with Crippen LogP contribution in [0.25, 0.3) is 0 Å². The van der Waals surface area contributed by atoms with Gasteiger partial charge in [0.05, 0.1) is 5.92 Å². The first-order valence-corrected chi connectivity index (χ1v) is 3.09. The molecule has 0 heterocycles. The van der Waals surface area contributed by atoms with Crippen LogP contribution in [0.1, 0.15) is 13.8 Å². The smallest absolute Gasteiger partial charge is 0.171 e. The summed E-state index contributed by atoms with van der Waals surface area (Å²) < 4.78 is 35.5. The Morgan fingerprint density at radius 2 is 1.70 bits per heavy atom. The van der Waals surface area contributed by atoms with Gasteiger partial charge in [-0.15, -0.1) is 6.58 Å². The molecule has 0 aliphatic carbocycles. The second-order valence-electron chi connectivity index (χ2n) is 2.43. The fraction of sp³-hybridized carbons (Fsp3) is 0.714. The highest BCUT2D eigenvalue weighted by Gasteiger charge is 2.38. The summed E-state index contributed by atoms with van der Waals surface area (Å²) in [6.45, 7) is 5.96. The second kappa shape index (κ2) is 3.08. The summed E-state index contributed by atoms with van der Waals surface area (Å²) in [6.07, 6.45) is -2.77. The SMILES string of the molecule is C=C[C@@H](C)[C@@H](C)C(F)(F)F. The lowest BCUT2D eigenvalue weighted by Gasteiger charge is -2.19. The Morgan fingerprint density at radius 3 is 1.80 bits per heavy atom. The number of halogens is 3. The molecule has 60 valence electrons. The van der Waals surface area contributed by atoms with Gasteiger partial charge in [-0.1, -0.05) is 19.9 Å². The molecule has 10 heavy (non-hydrogen) atoms. The second-order valence-corrected chi connectivity index (χ2v) is 2.43. The van der Waals surface area contributed by atoms with Crippen molar-refractivity contribution in [2.24, 2.45) is 11.8 Å². The first-order chi connectivity index (χ1) is 4.39. The average Bonchev–Trinajstić information content (AvgIpc) is 1.83. The molecule has 0 nitrogen and oxygen atoms in total. The van der Waals surface area contributed by atoms with E-state index in [0.717, 1.165) is 6.92 Å². The van der Waals surface area contributed by atoms with E-state index in [1.807, 2.05) is 0 Å². The van der Waals surface area contributed by atoms with Gasteiger partial charge in [-0.3, -0.25) is 0 Å². The van der Waals surface area contributed by atoms with Crippen molar-refractivity contribution in [3.63, 3.8) is 0 Å². The Hall–Kier alpha value is -0.470. The van der Waals surface area contributed by atoms with Crippen molar-refractivity contribution in [1.29, 1.82) is 0 Å². The van der Waals surface area contributed by atoms with Gasteiger partial charge in [-0.2, -0.15) is 13.2 Å². The fourth-order valence-electron chi connectivity index (χ4n) is 0.502. The van der Waals surface area contributed by atoms with Crippen LogP contribution in [0.15, 0.2) is 12.7 Å². The van der Waals surface area contributed by atoms with Crippen molar-refractivity contribution in [2.45, 2.75) is 20.0 Å². The van der Waals surface area contributed by atoms with E-state index in [9.17, 15) is 13.2 Å². The van der Waals surface area contributed by atoms with Crippen LogP contribution in [-0.4, -0.2) is 6.18 Å². The van der Waals surface area contributed by atoms with Gasteiger partial charge in [-0.05, 0) is 5.92 Å². The van der Waals surface area contributed by atoms with Crippen molar-refractivity contribution in [3.8, 4) is 0 Å². The molecule has 0 spiro atoms. The normalized spacial score (nSPS) is 18.1. The predicted molar refractivity (Wildman–Crippen MR) is 34.6 cm³/mol. The van der Waals surface area contributed by atoms with Gasteiger partial charge in [0.2, 0.25) is 0 Å². The summed E-state index contributed by atoms with van der Waals surface area (Å²) in [5, 5.41) is 0. The Kier molecular flexibility index (Phi) is 2.94. The lowest BCUT2D eigenvalue weighted by molar-refractivity contribution is -0.177. The van der Waals surface area contributed by atoms with Gasteiger partial charge in [-0.25, -0.2) is 0 Å². The first kappa shape index (κ1) is 9.53. The van der Waals surface area contributed by atoms with E-state index in [0.29, 0.717) is 0 Å². The maximum atomic E-state index is 11.8. The van der Waals surface area contributed by atoms with Crippen LogP contribution in [-0.2, 0) is 0 Å². The maximum absolute atomic E-state index is 11.8. The summed E-state index contributed by atoms with van der Waals surface area (Å²) in [5.41, 5.74) is 0. The van der Waals surface area contributed by atoms with E-state index in [4.69, 9.17) is 0 Å². The zero-order valence-corrected chi connectivity index (χ0v) is 6.07. The summed E-state index contributed by atoms with van der Waals surface area (Å²) >= 11 is 0. The predicted octanol–water partition coefficient (Wildman–Crippen LogP) is 3.01. The highest BCUT2D eigenvalue weighted by molar-refractivity contribution is 4.82. The van der Waals surface area contributed by atoms with E-state index in [1.54, 1.807) is 0 Å². The minimum atomic E-state index is -4.09. The molecule has 3 heteroatoms. The molecule has 2 atom stereocenters. The summed E-state index contributed by atoms with van der Waals surface area (Å²) in [4.78, 5) is 0. The van der Waals surface area contributed by atoms with E-state index in [-0.39, 0.29) is 0 Å². The molecule has 0 fully saturated rings. The van der Waals surface area contributed by atoms with Crippen LogP contribution >= 0.6 is 0 Å². The molecule has 0 aromatic carbocycles. The van der Waals surface area contributed by atoms with Gasteiger partial charge in [0.15, 0.2) is 0 Å². The minimum absolute atomic E-state index is 0.500. The Morgan fingerprint density at radius 1 is 1.30 bits per heavy atom. The van der Waals surface area contributed by atoms with E-state index < -0.39 is 18.0 Å². The van der Waals surface area contributed by atoms with Gasteiger partial charge >= 0.3 is 6.18 Å². The molecule has 0 rings (SSSR count). The monoisotopic (exact) mass is 152 g/mol. The summed E-state index contributed by atoms with van der Waals surface area (Å²) in [6, 6.07) is 0. The van der Waals surface area contributed by atoms with Crippen molar-refractivity contribution >= 4 is 0 Å². The van der Waals surface area contributed by atoms with Crippen LogP contribution in [0.4, 0.5) is 13.2 Å². The molecule has 0 aromatic heterocycles. The van der Waals surface area contributed by atoms with Gasteiger partial charge < -0.3 is 0 Å². The molecule has 0 unspecified atom stereocenters. The highest BCUT2D eigenvalue weighted by atomic mass is 19.4. The quantitative estimate of drug-likeness (QED) is 0.533. The van der Waals surface area contributed by atoms with Crippen molar-refractivity contribution < 1.29 is 13.2 Å². The Balaban J connectivity index is 4.07. The zero-order chi connectivity index (χ0) is 8.36. The molecule has 0 saturated carbocycles. The topological polar surface area (TPSA) is 0 Å². The van der Waals surface area contributed by atoms with E-state index in [1.165, 1.54) is 13.0 Å². The van der Waals surface area contributed by atoms with Crippen molar-refractivity contribution in [1.82, 2.24) is 0 Å². The van der Waals surface area contributed by atoms with Crippen LogP contribution in [0, 0.1) is 11.8 Å². The third kappa shape index (κ3) is 2.42. The standard InChI is InChI=1S/C7H11F3/c1-4-5(2)6(3)7(8,9)10/h4-6H,1H2,2-3H3/t5-,6-/m1/s1. The van der Waals surface area contributed by atoms with Gasteiger partial charge in [0.25, 0.3) is 0 Å². The van der Waals surface area contributed by atoms with Gasteiger partial charge in [0.1, 0.15) is 0 Å². The van der Waals surface area contributed by atoms with Crippen LogP contribution in [0.2, 0.25) is 0 Å². The summed E-state index contributed by atoms with van der Waals surface area (Å²) in [7, 11) is 0. The maximum Gasteiger partial charge on any atom is 0.392 e. The van der Waals surface area contributed by atoms with Crippen LogP contribution in [0.5, 0.6) is 0 Å². The average molecular weight is 152 g/mol. The number of rotatable bonds is 2. The lowest BCUT2D eigenvalue weighted by atomic mass is 9.96.